The van der Waals surface area contributed by atoms with Crippen LogP contribution in [-0.2, 0) is 23.4 Å². The van der Waals surface area contributed by atoms with Crippen molar-refractivity contribution in [2.75, 3.05) is 20.3 Å². The van der Waals surface area contributed by atoms with Crippen molar-refractivity contribution in [3.63, 3.8) is 0 Å². The number of carbonyl (C=O) groups is 2. The molecular formula is C15H20NO7P. The van der Waals surface area contributed by atoms with E-state index < -0.39 is 31.7 Å². The van der Waals surface area contributed by atoms with Crippen LogP contribution >= 0.6 is 7.60 Å². The second-order valence-electron chi connectivity index (χ2n) is 5.41. The number of nitrogens with zero attached hydrogens (tertiary/aromatic N) is 1. The lowest BCUT2D eigenvalue weighted by atomic mass is 10.1. The van der Waals surface area contributed by atoms with Crippen LogP contribution in [0, 0.1) is 6.92 Å². The molecule has 24 heavy (non-hydrogen) atoms. The summed E-state index contributed by atoms with van der Waals surface area (Å²) in [5.74, 6) is -1.25. The highest BCUT2D eigenvalue weighted by Gasteiger charge is 2.46. The normalized spacial score (nSPS) is 20.4. The molecule has 1 aromatic rings. The van der Waals surface area contributed by atoms with E-state index in [1.54, 1.807) is 24.3 Å². The van der Waals surface area contributed by atoms with Crippen molar-refractivity contribution in [3.8, 4) is 5.75 Å². The van der Waals surface area contributed by atoms with Crippen LogP contribution < -0.4 is 4.52 Å². The van der Waals surface area contributed by atoms with E-state index in [4.69, 9.17) is 9.05 Å². The van der Waals surface area contributed by atoms with Crippen molar-refractivity contribution >= 4 is 19.5 Å². The number of aryl methyl sites for hydroxylation is 1. The monoisotopic (exact) mass is 357 g/mol. The van der Waals surface area contributed by atoms with Crippen molar-refractivity contribution in [3.05, 3.63) is 29.8 Å². The standard InChI is InChI=1S/C15H20NO7P/c1-11-5-7-12(8-6-11)23-24(20,22-10-14(17)21-2)13-4-3-9-16(19)15(13)18/h5-8,13,19H,3-4,9-10H2,1-2H3/t13-,24?/m0/s1. The number of ether oxygens (including phenoxy) is 1. The summed E-state index contributed by atoms with van der Waals surface area (Å²) in [6, 6.07) is 6.68. The molecule has 0 aromatic heterocycles. The summed E-state index contributed by atoms with van der Waals surface area (Å²) in [6.07, 6.45) is 0.663. The number of esters is 1. The zero-order chi connectivity index (χ0) is 17.7. The molecule has 0 radical (unpaired) electrons. The van der Waals surface area contributed by atoms with E-state index in [9.17, 15) is 19.4 Å². The summed E-state index contributed by atoms with van der Waals surface area (Å²) in [4.78, 5) is 23.5. The van der Waals surface area contributed by atoms with E-state index in [0.29, 0.717) is 11.5 Å². The SMILES string of the molecule is COC(=O)COP(=O)(Oc1ccc(C)cc1)[C@H]1CCCN(O)C1=O. The first-order valence-corrected chi connectivity index (χ1v) is 9.04. The van der Waals surface area contributed by atoms with Gasteiger partial charge in [-0.1, -0.05) is 17.7 Å². The van der Waals surface area contributed by atoms with Gasteiger partial charge in [0.05, 0.1) is 7.11 Å². The number of hydrogen-bond acceptors (Lipinski definition) is 7. The number of benzene rings is 1. The lowest BCUT2D eigenvalue weighted by molar-refractivity contribution is -0.169. The highest BCUT2D eigenvalue weighted by Crippen LogP contribution is 2.55. The molecular weight excluding hydrogens is 337 g/mol. The van der Waals surface area contributed by atoms with E-state index in [-0.39, 0.29) is 18.7 Å². The third-order valence-corrected chi connectivity index (χ3v) is 5.81. The first kappa shape index (κ1) is 18.4. The predicted molar refractivity (Wildman–Crippen MR) is 83.9 cm³/mol. The lowest BCUT2D eigenvalue weighted by Gasteiger charge is -2.31. The summed E-state index contributed by atoms with van der Waals surface area (Å²) in [5.41, 5.74) is -0.204. The highest BCUT2D eigenvalue weighted by atomic mass is 31.2. The van der Waals surface area contributed by atoms with Gasteiger partial charge in [0.15, 0.2) is 12.3 Å². The molecule has 9 heteroatoms. The van der Waals surface area contributed by atoms with E-state index in [1.165, 1.54) is 7.11 Å². The fraction of sp³-hybridized carbons (Fsp3) is 0.467. The van der Waals surface area contributed by atoms with Crippen LogP contribution in [0.15, 0.2) is 24.3 Å². The molecule has 1 unspecified atom stereocenters. The maximum atomic E-state index is 13.2. The number of carbonyl (C=O) groups excluding carboxylic acids is 2. The molecule has 1 aliphatic heterocycles. The maximum Gasteiger partial charge on any atom is 0.392 e. The van der Waals surface area contributed by atoms with Crippen LogP contribution in [-0.4, -0.2) is 48.1 Å². The highest BCUT2D eigenvalue weighted by molar-refractivity contribution is 7.56. The Morgan fingerprint density at radius 1 is 1.38 bits per heavy atom. The molecule has 1 aliphatic rings. The van der Waals surface area contributed by atoms with Gasteiger partial charge in [0.2, 0.25) is 0 Å². The number of amides is 1. The first-order valence-electron chi connectivity index (χ1n) is 7.43. The van der Waals surface area contributed by atoms with Crippen LogP contribution in [0.2, 0.25) is 0 Å². The van der Waals surface area contributed by atoms with Crippen molar-refractivity contribution < 1.29 is 33.1 Å². The third kappa shape index (κ3) is 4.35. The average Bonchev–Trinajstić information content (AvgIpc) is 2.57. The largest absolute Gasteiger partial charge is 0.467 e. The minimum atomic E-state index is -4.04. The molecule has 2 atom stereocenters. The van der Waals surface area contributed by atoms with Gasteiger partial charge >= 0.3 is 13.6 Å². The summed E-state index contributed by atoms with van der Waals surface area (Å²) in [5, 5.41) is 10.1. The predicted octanol–water partition coefficient (Wildman–Crippen LogP) is 2.14. The van der Waals surface area contributed by atoms with Crippen LogP contribution in [0.3, 0.4) is 0 Å². The van der Waals surface area contributed by atoms with Gasteiger partial charge in [-0.3, -0.25) is 14.5 Å². The zero-order valence-electron chi connectivity index (χ0n) is 13.5. The second kappa shape index (κ2) is 7.79. The Bertz CT molecular complexity index is 646. The minimum Gasteiger partial charge on any atom is -0.467 e. The summed E-state index contributed by atoms with van der Waals surface area (Å²) in [6.45, 7) is 1.41. The molecule has 1 aromatic carbocycles. The van der Waals surface area contributed by atoms with Gasteiger partial charge in [-0.2, -0.15) is 0 Å². The van der Waals surface area contributed by atoms with Crippen LogP contribution in [0.25, 0.3) is 0 Å². The molecule has 132 valence electrons. The lowest BCUT2D eigenvalue weighted by Crippen LogP contribution is -2.43. The zero-order valence-corrected chi connectivity index (χ0v) is 14.4. The summed E-state index contributed by atoms with van der Waals surface area (Å²) >= 11 is 0. The van der Waals surface area contributed by atoms with Crippen molar-refractivity contribution in [1.29, 1.82) is 0 Å². The Balaban J connectivity index is 2.26. The van der Waals surface area contributed by atoms with Crippen molar-refractivity contribution in [2.24, 2.45) is 0 Å². The second-order valence-corrected chi connectivity index (χ2v) is 7.56. The average molecular weight is 357 g/mol. The Kier molecular flexibility index (Phi) is 5.99. The molecule has 1 saturated heterocycles. The van der Waals surface area contributed by atoms with E-state index in [2.05, 4.69) is 4.74 Å². The Morgan fingerprint density at radius 2 is 2.04 bits per heavy atom. The van der Waals surface area contributed by atoms with Gasteiger partial charge in [-0.15, -0.1) is 0 Å². The molecule has 1 fully saturated rings. The van der Waals surface area contributed by atoms with Gasteiger partial charge in [0, 0.05) is 6.54 Å². The number of hydroxylamine groups is 2. The summed E-state index contributed by atoms with van der Waals surface area (Å²) < 4.78 is 28.3. The van der Waals surface area contributed by atoms with Gasteiger partial charge in [-0.05, 0) is 31.9 Å². The molecule has 0 spiro atoms. The van der Waals surface area contributed by atoms with Crippen LogP contribution in [0.1, 0.15) is 18.4 Å². The number of methoxy groups -OCH3 is 1. The smallest absolute Gasteiger partial charge is 0.392 e. The number of rotatable bonds is 6. The molecule has 2 rings (SSSR count). The summed E-state index contributed by atoms with van der Waals surface area (Å²) in [7, 11) is -2.88. The van der Waals surface area contributed by atoms with Gasteiger partial charge in [-0.25, -0.2) is 14.4 Å². The molecule has 1 amide bonds. The Morgan fingerprint density at radius 3 is 2.67 bits per heavy atom. The molecule has 1 N–H and O–H groups in total. The van der Waals surface area contributed by atoms with Crippen molar-refractivity contribution in [2.45, 2.75) is 25.4 Å². The Hall–Kier alpha value is -1.89. The van der Waals surface area contributed by atoms with Crippen LogP contribution in [0.5, 0.6) is 5.75 Å². The quantitative estimate of drug-likeness (QED) is 0.473. The van der Waals surface area contributed by atoms with Crippen molar-refractivity contribution in [1.82, 2.24) is 5.06 Å². The number of hydrogen-bond donors (Lipinski definition) is 1. The fourth-order valence-corrected chi connectivity index (χ4v) is 4.22. The Labute approximate surface area is 139 Å². The van der Waals surface area contributed by atoms with Gasteiger partial charge in [0.25, 0.3) is 5.91 Å². The first-order chi connectivity index (χ1) is 11.4. The maximum absolute atomic E-state index is 13.2. The molecule has 1 heterocycles. The number of piperidine rings is 1. The van der Waals surface area contributed by atoms with Crippen LogP contribution in [0.4, 0.5) is 0 Å². The molecule has 0 bridgehead atoms. The van der Waals surface area contributed by atoms with Gasteiger partial charge in [0.1, 0.15) is 5.75 Å². The van der Waals surface area contributed by atoms with E-state index in [1.807, 2.05) is 6.92 Å². The molecule has 0 aliphatic carbocycles. The third-order valence-electron chi connectivity index (χ3n) is 3.61. The van der Waals surface area contributed by atoms with Gasteiger partial charge < -0.3 is 9.26 Å². The topological polar surface area (TPSA) is 102 Å². The fourth-order valence-electron chi connectivity index (χ4n) is 2.26. The molecule has 8 nitrogen and oxygen atoms in total. The van der Waals surface area contributed by atoms with E-state index >= 15 is 0 Å². The minimum absolute atomic E-state index is 0.150. The van der Waals surface area contributed by atoms with E-state index in [0.717, 1.165) is 5.56 Å². The molecule has 0 saturated carbocycles.